The third kappa shape index (κ3) is 3.52. The molecule has 0 amide bonds. The highest BCUT2D eigenvalue weighted by Crippen LogP contribution is 2.02. The monoisotopic (exact) mass is 200 g/mol. The molecule has 0 radical (unpaired) electrons. The van der Waals surface area contributed by atoms with Gasteiger partial charge in [-0.25, -0.2) is 8.42 Å². The molecule has 1 aromatic heterocycles. The van der Waals surface area contributed by atoms with E-state index in [0.29, 0.717) is 17.9 Å². The van der Waals surface area contributed by atoms with Crippen LogP contribution in [0.5, 0.6) is 0 Å². The van der Waals surface area contributed by atoms with Gasteiger partial charge in [-0.1, -0.05) is 6.07 Å². The van der Waals surface area contributed by atoms with Crippen molar-refractivity contribution in [3.8, 4) is 0 Å². The van der Waals surface area contributed by atoms with Crippen LogP contribution < -0.4 is 5.73 Å². The Kier molecular flexibility index (Phi) is 3.00. The summed E-state index contributed by atoms with van der Waals surface area (Å²) in [5.74, 6) is -0.0269. The molecule has 0 spiro atoms. The molecule has 2 N–H and O–H groups in total. The number of pyridine rings is 1. The highest BCUT2D eigenvalue weighted by Gasteiger charge is 2.05. The van der Waals surface area contributed by atoms with E-state index >= 15 is 0 Å². The molecule has 1 aromatic rings. The van der Waals surface area contributed by atoms with E-state index in [1.807, 2.05) is 0 Å². The number of hydrogen-bond acceptors (Lipinski definition) is 4. The Morgan fingerprint density at radius 1 is 1.38 bits per heavy atom. The van der Waals surface area contributed by atoms with Crippen LogP contribution in [0.4, 0.5) is 0 Å². The van der Waals surface area contributed by atoms with E-state index in [-0.39, 0.29) is 5.75 Å². The Labute approximate surface area is 77.7 Å². The smallest absolute Gasteiger partial charge is 0.153 e. The zero-order chi connectivity index (χ0) is 9.90. The number of sulfone groups is 1. The van der Waals surface area contributed by atoms with Gasteiger partial charge in [0.05, 0.1) is 17.1 Å². The van der Waals surface area contributed by atoms with Crippen molar-refractivity contribution in [1.29, 1.82) is 0 Å². The fourth-order valence-corrected chi connectivity index (χ4v) is 1.69. The van der Waals surface area contributed by atoms with Crippen LogP contribution in [0.1, 0.15) is 11.4 Å². The van der Waals surface area contributed by atoms with Crippen LogP contribution in [0, 0.1) is 0 Å². The van der Waals surface area contributed by atoms with Gasteiger partial charge in [-0.15, -0.1) is 0 Å². The van der Waals surface area contributed by atoms with Crippen molar-refractivity contribution >= 4 is 9.84 Å². The second-order valence-electron chi connectivity index (χ2n) is 2.89. The van der Waals surface area contributed by atoms with Gasteiger partial charge in [0.2, 0.25) is 0 Å². The summed E-state index contributed by atoms with van der Waals surface area (Å²) >= 11 is 0. The molecule has 4 nitrogen and oxygen atoms in total. The first kappa shape index (κ1) is 10.1. The molecular formula is C8H12N2O2S. The summed E-state index contributed by atoms with van der Waals surface area (Å²) in [6, 6.07) is 5.21. The summed E-state index contributed by atoms with van der Waals surface area (Å²) in [6.07, 6.45) is 1.18. The first-order valence-corrected chi connectivity index (χ1v) is 5.90. The quantitative estimate of drug-likeness (QED) is 0.750. The predicted octanol–water partition coefficient (Wildman–Crippen LogP) is 0.0849. The SMILES string of the molecule is CS(=O)(=O)Cc1cccc(CN)n1. The summed E-state index contributed by atoms with van der Waals surface area (Å²) in [6.45, 7) is 0.331. The molecule has 0 aliphatic carbocycles. The number of nitrogens with zero attached hydrogens (tertiary/aromatic N) is 1. The Hall–Kier alpha value is -0.940. The van der Waals surface area contributed by atoms with Gasteiger partial charge >= 0.3 is 0 Å². The second-order valence-corrected chi connectivity index (χ2v) is 5.03. The largest absolute Gasteiger partial charge is 0.325 e. The molecule has 0 bridgehead atoms. The predicted molar refractivity (Wildman–Crippen MR) is 50.7 cm³/mol. The number of hydrogen-bond donors (Lipinski definition) is 1. The van der Waals surface area contributed by atoms with Crippen molar-refractivity contribution < 1.29 is 8.42 Å². The van der Waals surface area contributed by atoms with Gasteiger partial charge in [-0.3, -0.25) is 4.98 Å². The minimum atomic E-state index is -3.01. The van der Waals surface area contributed by atoms with Crippen LogP contribution in [-0.4, -0.2) is 19.7 Å². The molecule has 0 saturated carbocycles. The van der Waals surface area contributed by atoms with Gasteiger partial charge in [0, 0.05) is 12.8 Å². The second kappa shape index (κ2) is 3.85. The van der Waals surface area contributed by atoms with Gasteiger partial charge in [0.25, 0.3) is 0 Å². The van der Waals surface area contributed by atoms with E-state index in [1.165, 1.54) is 6.26 Å². The molecule has 72 valence electrons. The molecule has 1 heterocycles. The summed E-state index contributed by atoms with van der Waals surface area (Å²) in [5, 5.41) is 0. The Morgan fingerprint density at radius 3 is 2.54 bits per heavy atom. The maximum absolute atomic E-state index is 10.9. The van der Waals surface area contributed by atoms with Gasteiger partial charge in [0.15, 0.2) is 9.84 Å². The molecular weight excluding hydrogens is 188 g/mol. The standard InChI is InChI=1S/C8H12N2O2S/c1-13(11,12)6-8-4-2-3-7(5-9)10-8/h2-4H,5-6,9H2,1H3. The van der Waals surface area contributed by atoms with Crippen LogP contribution in [0.3, 0.4) is 0 Å². The average Bonchev–Trinajstić information content (AvgIpc) is 2.01. The van der Waals surface area contributed by atoms with Crippen molar-refractivity contribution in [3.63, 3.8) is 0 Å². The lowest BCUT2D eigenvalue weighted by Gasteiger charge is -2.00. The minimum Gasteiger partial charge on any atom is -0.325 e. The maximum atomic E-state index is 10.9. The van der Waals surface area contributed by atoms with Gasteiger partial charge in [-0.05, 0) is 12.1 Å². The summed E-state index contributed by atoms with van der Waals surface area (Å²) in [4.78, 5) is 4.07. The van der Waals surface area contributed by atoms with Crippen LogP contribution in [0.25, 0.3) is 0 Å². The summed E-state index contributed by atoms with van der Waals surface area (Å²) in [5.41, 5.74) is 6.63. The first-order valence-electron chi connectivity index (χ1n) is 3.84. The molecule has 13 heavy (non-hydrogen) atoms. The van der Waals surface area contributed by atoms with Crippen LogP contribution in [0.15, 0.2) is 18.2 Å². The molecule has 0 saturated heterocycles. The molecule has 0 aromatic carbocycles. The third-order valence-corrected chi connectivity index (χ3v) is 2.30. The van der Waals surface area contributed by atoms with Crippen molar-refractivity contribution in [2.24, 2.45) is 5.73 Å². The fraction of sp³-hybridized carbons (Fsp3) is 0.375. The van der Waals surface area contributed by atoms with E-state index in [4.69, 9.17) is 5.73 Å². The van der Waals surface area contributed by atoms with Gasteiger partial charge in [0.1, 0.15) is 0 Å². The Bertz CT molecular complexity index is 387. The molecule has 0 unspecified atom stereocenters. The number of aromatic nitrogens is 1. The Morgan fingerprint density at radius 2 is 2.00 bits per heavy atom. The zero-order valence-corrected chi connectivity index (χ0v) is 8.21. The molecule has 0 fully saturated rings. The fourth-order valence-electron chi connectivity index (χ4n) is 0.992. The normalized spacial score (nSPS) is 11.5. The number of rotatable bonds is 3. The lowest BCUT2D eigenvalue weighted by atomic mass is 10.3. The van der Waals surface area contributed by atoms with Crippen LogP contribution in [0.2, 0.25) is 0 Å². The summed E-state index contributed by atoms with van der Waals surface area (Å²) in [7, 11) is -3.01. The first-order chi connectivity index (χ1) is 6.01. The van der Waals surface area contributed by atoms with E-state index in [0.717, 1.165) is 0 Å². The summed E-state index contributed by atoms with van der Waals surface area (Å²) < 4.78 is 21.9. The van der Waals surface area contributed by atoms with Crippen molar-refractivity contribution in [3.05, 3.63) is 29.6 Å². The van der Waals surface area contributed by atoms with Crippen molar-refractivity contribution in [2.75, 3.05) is 6.26 Å². The zero-order valence-electron chi connectivity index (χ0n) is 7.40. The molecule has 0 aliphatic rings. The highest BCUT2D eigenvalue weighted by molar-refractivity contribution is 7.89. The average molecular weight is 200 g/mol. The Balaban J connectivity index is 2.90. The van der Waals surface area contributed by atoms with E-state index in [9.17, 15) is 8.42 Å². The van der Waals surface area contributed by atoms with Gasteiger partial charge in [-0.2, -0.15) is 0 Å². The van der Waals surface area contributed by atoms with E-state index in [2.05, 4.69) is 4.98 Å². The third-order valence-electron chi connectivity index (χ3n) is 1.48. The van der Waals surface area contributed by atoms with Crippen molar-refractivity contribution in [2.45, 2.75) is 12.3 Å². The lowest BCUT2D eigenvalue weighted by Crippen LogP contribution is -2.06. The maximum Gasteiger partial charge on any atom is 0.153 e. The van der Waals surface area contributed by atoms with E-state index < -0.39 is 9.84 Å². The van der Waals surface area contributed by atoms with Crippen molar-refractivity contribution in [1.82, 2.24) is 4.98 Å². The lowest BCUT2D eigenvalue weighted by molar-refractivity contribution is 0.600. The molecule has 5 heteroatoms. The van der Waals surface area contributed by atoms with Crippen LogP contribution >= 0.6 is 0 Å². The highest BCUT2D eigenvalue weighted by atomic mass is 32.2. The topological polar surface area (TPSA) is 73.0 Å². The van der Waals surface area contributed by atoms with Gasteiger partial charge < -0.3 is 5.73 Å². The molecule has 0 aliphatic heterocycles. The number of nitrogens with two attached hydrogens (primary N) is 1. The minimum absolute atomic E-state index is 0.0269. The molecule has 0 atom stereocenters. The van der Waals surface area contributed by atoms with E-state index in [1.54, 1.807) is 18.2 Å². The van der Waals surface area contributed by atoms with Crippen LogP contribution in [-0.2, 0) is 22.1 Å². The molecule has 1 rings (SSSR count).